The Morgan fingerprint density at radius 2 is 2.14 bits per heavy atom. The number of hydrogen-bond acceptors (Lipinski definition) is 4. The zero-order valence-corrected chi connectivity index (χ0v) is 13.1. The summed E-state index contributed by atoms with van der Waals surface area (Å²) in [6.45, 7) is 5.60. The van der Waals surface area contributed by atoms with E-state index in [2.05, 4.69) is 4.90 Å². The fourth-order valence-corrected chi connectivity index (χ4v) is 2.62. The van der Waals surface area contributed by atoms with Crippen LogP contribution in [0.1, 0.15) is 37.9 Å². The molecule has 1 aromatic rings. The van der Waals surface area contributed by atoms with Crippen molar-refractivity contribution in [2.24, 2.45) is 0 Å². The van der Waals surface area contributed by atoms with Gasteiger partial charge in [-0.2, -0.15) is 0 Å². The van der Waals surface area contributed by atoms with E-state index in [1.165, 1.54) is 12.1 Å². The molecule has 0 N–H and O–H groups in total. The number of ether oxygens (including phenoxy) is 2. The molecule has 1 saturated heterocycles. The first kappa shape index (κ1) is 16.9. The van der Waals surface area contributed by atoms with Gasteiger partial charge in [0.25, 0.3) is 0 Å². The highest BCUT2D eigenvalue weighted by atomic mass is 19.1. The van der Waals surface area contributed by atoms with Crippen molar-refractivity contribution in [3.8, 4) is 0 Å². The van der Waals surface area contributed by atoms with E-state index < -0.39 is 0 Å². The molecule has 22 heavy (non-hydrogen) atoms. The number of benzene rings is 1. The number of halogens is 1. The van der Waals surface area contributed by atoms with E-state index in [0.717, 1.165) is 38.0 Å². The molecule has 4 nitrogen and oxygen atoms in total. The van der Waals surface area contributed by atoms with Crippen molar-refractivity contribution in [1.29, 1.82) is 0 Å². The molecule has 1 heterocycles. The van der Waals surface area contributed by atoms with Gasteiger partial charge in [0.05, 0.1) is 19.3 Å². The van der Waals surface area contributed by atoms with Crippen molar-refractivity contribution >= 4 is 5.97 Å². The van der Waals surface area contributed by atoms with Crippen molar-refractivity contribution < 1.29 is 18.7 Å². The van der Waals surface area contributed by atoms with Gasteiger partial charge in [-0.1, -0.05) is 12.1 Å². The van der Waals surface area contributed by atoms with Crippen LogP contribution >= 0.6 is 0 Å². The Bertz CT molecular complexity index is 463. The van der Waals surface area contributed by atoms with E-state index in [1.54, 1.807) is 12.1 Å². The molecule has 0 aliphatic carbocycles. The van der Waals surface area contributed by atoms with Crippen molar-refractivity contribution in [2.75, 3.05) is 32.8 Å². The van der Waals surface area contributed by atoms with Crippen molar-refractivity contribution in [2.45, 2.75) is 32.3 Å². The van der Waals surface area contributed by atoms with E-state index in [1.807, 2.05) is 6.92 Å². The monoisotopic (exact) mass is 309 g/mol. The van der Waals surface area contributed by atoms with E-state index in [0.29, 0.717) is 19.6 Å². The van der Waals surface area contributed by atoms with E-state index in [4.69, 9.17) is 9.47 Å². The van der Waals surface area contributed by atoms with Crippen LogP contribution in [0.4, 0.5) is 4.39 Å². The molecule has 0 saturated carbocycles. The van der Waals surface area contributed by atoms with E-state index in [-0.39, 0.29) is 17.9 Å². The topological polar surface area (TPSA) is 38.8 Å². The first-order chi connectivity index (χ1) is 10.7. The Kier molecular flexibility index (Phi) is 6.80. The molecule has 0 spiro atoms. The molecular formula is C17H24FNO3. The molecule has 0 radical (unpaired) electrons. The summed E-state index contributed by atoms with van der Waals surface area (Å²) < 4.78 is 23.7. The third-order valence-electron chi connectivity index (χ3n) is 3.80. The number of morpholine rings is 1. The second kappa shape index (κ2) is 8.86. The SMILES string of the molecule is CCOC(=O)CCCCN1CCOC(c2ccc(F)cc2)C1. The number of rotatable bonds is 7. The van der Waals surface area contributed by atoms with Crippen LogP contribution in [0.2, 0.25) is 0 Å². The van der Waals surface area contributed by atoms with Gasteiger partial charge >= 0.3 is 5.97 Å². The largest absolute Gasteiger partial charge is 0.466 e. The third kappa shape index (κ3) is 5.39. The summed E-state index contributed by atoms with van der Waals surface area (Å²) >= 11 is 0. The average Bonchev–Trinajstić information content (AvgIpc) is 2.53. The summed E-state index contributed by atoms with van der Waals surface area (Å²) in [5.74, 6) is -0.343. The van der Waals surface area contributed by atoms with Gasteiger partial charge < -0.3 is 9.47 Å². The van der Waals surface area contributed by atoms with Gasteiger partial charge in [-0.25, -0.2) is 4.39 Å². The number of esters is 1. The molecule has 1 atom stereocenters. The Hall–Kier alpha value is -1.46. The second-order valence-electron chi connectivity index (χ2n) is 5.47. The molecule has 0 amide bonds. The standard InChI is InChI=1S/C17H24FNO3/c1-2-21-17(20)5-3-4-10-19-11-12-22-16(13-19)14-6-8-15(18)9-7-14/h6-9,16H,2-5,10-13H2,1H3. The summed E-state index contributed by atoms with van der Waals surface area (Å²) in [4.78, 5) is 13.6. The zero-order chi connectivity index (χ0) is 15.8. The van der Waals surface area contributed by atoms with E-state index >= 15 is 0 Å². The number of hydrogen-bond donors (Lipinski definition) is 0. The minimum absolute atomic E-state index is 0.000549. The van der Waals surface area contributed by atoms with Gasteiger partial charge in [0.15, 0.2) is 0 Å². The van der Waals surface area contributed by atoms with Crippen LogP contribution in [0.25, 0.3) is 0 Å². The molecule has 1 aliphatic rings. The molecule has 122 valence electrons. The smallest absolute Gasteiger partial charge is 0.305 e. The maximum Gasteiger partial charge on any atom is 0.305 e. The van der Waals surface area contributed by atoms with Crippen molar-refractivity contribution in [3.63, 3.8) is 0 Å². The fraction of sp³-hybridized carbons (Fsp3) is 0.588. The molecule has 1 aromatic carbocycles. The number of carbonyl (C=O) groups is 1. The van der Waals surface area contributed by atoms with Crippen LogP contribution in [0.3, 0.4) is 0 Å². The quantitative estimate of drug-likeness (QED) is 0.573. The number of carbonyl (C=O) groups excluding carboxylic acids is 1. The maximum atomic E-state index is 13.0. The predicted molar refractivity (Wildman–Crippen MR) is 82.0 cm³/mol. The first-order valence-corrected chi connectivity index (χ1v) is 7.94. The normalized spacial score (nSPS) is 19.1. The highest BCUT2D eigenvalue weighted by Crippen LogP contribution is 2.22. The summed E-state index contributed by atoms with van der Waals surface area (Å²) in [7, 11) is 0. The number of unbranched alkanes of at least 4 members (excludes halogenated alkanes) is 1. The summed E-state index contributed by atoms with van der Waals surface area (Å²) in [5, 5.41) is 0. The van der Waals surface area contributed by atoms with Crippen molar-refractivity contribution in [1.82, 2.24) is 4.90 Å². The lowest BCUT2D eigenvalue weighted by molar-refractivity contribution is -0.143. The second-order valence-corrected chi connectivity index (χ2v) is 5.47. The van der Waals surface area contributed by atoms with Gasteiger partial charge in [-0.3, -0.25) is 9.69 Å². The third-order valence-corrected chi connectivity index (χ3v) is 3.80. The Balaban J connectivity index is 1.72. The van der Waals surface area contributed by atoms with Gasteiger partial charge in [-0.05, 0) is 44.0 Å². The van der Waals surface area contributed by atoms with Gasteiger partial charge in [0.2, 0.25) is 0 Å². The minimum Gasteiger partial charge on any atom is -0.466 e. The molecule has 2 rings (SSSR count). The molecule has 1 unspecified atom stereocenters. The maximum absolute atomic E-state index is 13.0. The lowest BCUT2D eigenvalue weighted by Crippen LogP contribution is -2.38. The zero-order valence-electron chi connectivity index (χ0n) is 13.1. The summed E-state index contributed by atoms with van der Waals surface area (Å²) in [6, 6.07) is 6.50. The number of nitrogens with zero attached hydrogens (tertiary/aromatic N) is 1. The average molecular weight is 309 g/mol. The lowest BCUT2D eigenvalue weighted by Gasteiger charge is -2.33. The molecular weight excluding hydrogens is 285 g/mol. The Morgan fingerprint density at radius 1 is 1.36 bits per heavy atom. The molecule has 1 aliphatic heterocycles. The van der Waals surface area contributed by atoms with Crippen LogP contribution in [-0.4, -0.2) is 43.7 Å². The summed E-state index contributed by atoms with van der Waals surface area (Å²) in [5.41, 5.74) is 1.01. The van der Waals surface area contributed by atoms with Crippen LogP contribution in [-0.2, 0) is 14.3 Å². The predicted octanol–water partition coefficient (Wildman–Crippen LogP) is 2.93. The Labute approximate surface area is 131 Å². The first-order valence-electron chi connectivity index (χ1n) is 7.94. The molecule has 5 heteroatoms. The van der Waals surface area contributed by atoms with Gasteiger partial charge in [0.1, 0.15) is 5.82 Å². The summed E-state index contributed by atoms with van der Waals surface area (Å²) in [6.07, 6.45) is 2.30. The minimum atomic E-state index is -0.226. The van der Waals surface area contributed by atoms with E-state index in [9.17, 15) is 9.18 Å². The van der Waals surface area contributed by atoms with Gasteiger partial charge in [0, 0.05) is 19.5 Å². The van der Waals surface area contributed by atoms with Crippen LogP contribution in [0.15, 0.2) is 24.3 Å². The Morgan fingerprint density at radius 3 is 2.86 bits per heavy atom. The van der Waals surface area contributed by atoms with Crippen LogP contribution in [0, 0.1) is 5.82 Å². The highest BCUT2D eigenvalue weighted by molar-refractivity contribution is 5.69. The molecule has 1 fully saturated rings. The molecule has 0 bridgehead atoms. The molecule has 0 aromatic heterocycles. The van der Waals surface area contributed by atoms with Crippen LogP contribution < -0.4 is 0 Å². The highest BCUT2D eigenvalue weighted by Gasteiger charge is 2.21. The van der Waals surface area contributed by atoms with Gasteiger partial charge in [-0.15, -0.1) is 0 Å². The van der Waals surface area contributed by atoms with Crippen molar-refractivity contribution in [3.05, 3.63) is 35.6 Å². The van der Waals surface area contributed by atoms with Crippen LogP contribution in [0.5, 0.6) is 0 Å². The fourth-order valence-electron chi connectivity index (χ4n) is 2.62. The lowest BCUT2D eigenvalue weighted by atomic mass is 10.1.